The van der Waals surface area contributed by atoms with E-state index in [0.717, 1.165) is 11.4 Å². The highest BCUT2D eigenvalue weighted by Crippen LogP contribution is 2.21. The molecule has 0 saturated heterocycles. The summed E-state index contributed by atoms with van der Waals surface area (Å²) in [6.45, 7) is 2.22. The Bertz CT molecular complexity index is 284. The lowest BCUT2D eigenvalue weighted by Gasteiger charge is -2.16. The van der Waals surface area contributed by atoms with E-state index < -0.39 is 0 Å². The zero-order chi connectivity index (χ0) is 11.8. The minimum Gasteiger partial charge on any atom is -0.271 e. The van der Waals surface area contributed by atoms with Crippen molar-refractivity contribution >= 4 is 11.6 Å². The molecule has 3 heteroatoms. The molecule has 1 rings (SSSR count). The number of nitrogens with two attached hydrogens (primary N) is 1. The second-order valence-electron chi connectivity index (χ2n) is 4.12. The van der Waals surface area contributed by atoms with Crippen LogP contribution in [0.4, 0.5) is 0 Å². The molecular weight excluding hydrogens is 220 g/mol. The van der Waals surface area contributed by atoms with E-state index in [2.05, 4.69) is 12.3 Å². The van der Waals surface area contributed by atoms with E-state index in [4.69, 9.17) is 17.4 Å². The average molecular weight is 241 g/mol. The summed E-state index contributed by atoms with van der Waals surface area (Å²) in [5, 5.41) is 0.769. The van der Waals surface area contributed by atoms with Gasteiger partial charge in [0.15, 0.2) is 0 Å². The molecule has 16 heavy (non-hydrogen) atoms. The fourth-order valence-electron chi connectivity index (χ4n) is 1.82. The zero-order valence-corrected chi connectivity index (χ0v) is 10.6. The molecule has 0 aromatic heterocycles. The third-order valence-corrected chi connectivity index (χ3v) is 3.07. The minimum absolute atomic E-state index is 0.245. The predicted octanol–water partition coefficient (Wildman–Crippen LogP) is 3.81. The van der Waals surface area contributed by atoms with Crippen molar-refractivity contribution in [3.63, 3.8) is 0 Å². The van der Waals surface area contributed by atoms with Crippen LogP contribution in [0.25, 0.3) is 0 Å². The van der Waals surface area contributed by atoms with Crippen molar-refractivity contribution in [2.75, 3.05) is 0 Å². The van der Waals surface area contributed by atoms with Gasteiger partial charge in [-0.15, -0.1) is 0 Å². The van der Waals surface area contributed by atoms with Crippen molar-refractivity contribution in [2.45, 2.75) is 45.1 Å². The number of hydrogen-bond donors (Lipinski definition) is 2. The van der Waals surface area contributed by atoms with Crippen LogP contribution in [0.3, 0.4) is 0 Å². The van der Waals surface area contributed by atoms with Crippen molar-refractivity contribution in [3.05, 3.63) is 34.9 Å². The Morgan fingerprint density at radius 3 is 2.44 bits per heavy atom. The number of hydrazine groups is 1. The maximum absolute atomic E-state index is 5.85. The van der Waals surface area contributed by atoms with E-state index in [0.29, 0.717) is 0 Å². The summed E-state index contributed by atoms with van der Waals surface area (Å²) in [6, 6.07) is 8.13. The molecule has 2 nitrogen and oxygen atoms in total. The second kappa shape index (κ2) is 7.66. The van der Waals surface area contributed by atoms with E-state index in [1.165, 1.54) is 31.2 Å². The smallest absolute Gasteiger partial charge is 0.0460 e. The lowest BCUT2D eigenvalue weighted by molar-refractivity contribution is 0.482. The average Bonchev–Trinajstić information content (AvgIpc) is 2.31. The van der Waals surface area contributed by atoms with E-state index in [1.54, 1.807) is 0 Å². The fraction of sp³-hybridized carbons (Fsp3) is 0.538. The molecule has 0 aliphatic rings. The van der Waals surface area contributed by atoms with E-state index in [9.17, 15) is 0 Å². The van der Waals surface area contributed by atoms with Crippen LogP contribution in [0.5, 0.6) is 0 Å². The molecule has 1 unspecified atom stereocenters. The summed E-state index contributed by atoms with van der Waals surface area (Å²) in [7, 11) is 0. The molecule has 0 spiro atoms. The maximum atomic E-state index is 5.85. The minimum atomic E-state index is 0.245. The zero-order valence-electron chi connectivity index (χ0n) is 9.88. The van der Waals surface area contributed by atoms with Crippen molar-refractivity contribution in [1.29, 1.82) is 0 Å². The van der Waals surface area contributed by atoms with Crippen molar-refractivity contribution in [2.24, 2.45) is 5.84 Å². The molecule has 90 valence electrons. The lowest BCUT2D eigenvalue weighted by atomic mass is 10.0. The lowest BCUT2D eigenvalue weighted by Crippen LogP contribution is -2.27. The fourth-order valence-corrected chi connectivity index (χ4v) is 1.94. The van der Waals surface area contributed by atoms with Gasteiger partial charge in [0, 0.05) is 11.1 Å². The normalized spacial score (nSPS) is 12.7. The first-order chi connectivity index (χ1) is 7.77. The summed E-state index contributed by atoms with van der Waals surface area (Å²) in [6.07, 6.45) is 6.14. The van der Waals surface area contributed by atoms with Gasteiger partial charge in [-0.3, -0.25) is 11.3 Å². The summed E-state index contributed by atoms with van der Waals surface area (Å²) in [5.41, 5.74) is 4.08. The number of benzene rings is 1. The van der Waals surface area contributed by atoms with Gasteiger partial charge >= 0.3 is 0 Å². The Hall–Kier alpha value is -0.570. The highest BCUT2D eigenvalue weighted by atomic mass is 35.5. The largest absolute Gasteiger partial charge is 0.271 e. The number of nitrogens with one attached hydrogen (secondary N) is 1. The molecule has 0 aliphatic heterocycles. The van der Waals surface area contributed by atoms with Crippen molar-refractivity contribution in [3.8, 4) is 0 Å². The molecule has 0 aliphatic carbocycles. The molecule has 0 radical (unpaired) electrons. The molecule has 1 aromatic rings. The van der Waals surface area contributed by atoms with E-state index >= 15 is 0 Å². The highest BCUT2D eigenvalue weighted by Gasteiger charge is 2.08. The molecule has 0 heterocycles. The first-order valence-corrected chi connectivity index (χ1v) is 6.37. The molecule has 1 aromatic carbocycles. The van der Waals surface area contributed by atoms with Gasteiger partial charge in [-0.2, -0.15) is 0 Å². The van der Waals surface area contributed by atoms with Crippen LogP contribution in [0.15, 0.2) is 24.3 Å². The van der Waals surface area contributed by atoms with Gasteiger partial charge in [-0.1, -0.05) is 56.3 Å². The Balaban J connectivity index is 2.44. The number of rotatable bonds is 7. The number of hydrogen-bond acceptors (Lipinski definition) is 2. The monoisotopic (exact) mass is 240 g/mol. The van der Waals surface area contributed by atoms with Gasteiger partial charge in [-0.05, 0) is 24.1 Å². The van der Waals surface area contributed by atoms with Crippen LogP contribution < -0.4 is 11.3 Å². The Morgan fingerprint density at radius 2 is 1.88 bits per heavy atom. The first kappa shape index (κ1) is 13.5. The molecule has 0 bridgehead atoms. The topological polar surface area (TPSA) is 38.0 Å². The molecule has 1 atom stereocenters. The molecular formula is C13H21ClN2. The van der Waals surface area contributed by atoms with Crippen LogP contribution >= 0.6 is 11.6 Å². The Kier molecular flexibility index (Phi) is 6.46. The summed E-state index contributed by atoms with van der Waals surface area (Å²) in [5.74, 6) is 5.57. The Labute approximate surface area is 103 Å². The third kappa shape index (κ3) is 4.52. The number of halogens is 1. The van der Waals surface area contributed by atoms with Gasteiger partial charge in [0.25, 0.3) is 0 Å². The van der Waals surface area contributed by atoms with Crippen molar-refractivity contribution < 1.29 is 0 Å². The first-order valence-electron chi connectivity index (χ1n) is 5.99. The van der Waals surface area contributed by atoms with Crippen LogP contribution in [-0.2, 0) is 0 Å². The molecule has 0 amide bonds. The van der Waals surface area contributed by atoms with Crippen LogP contribution in [0.1, 0.15) is 50.6 Å². The predicted molar refractivity (Wildman–Crippen MR) is 70.3 cm³/mol. The van der Waals surface area contributed by atoms with Crippen LogP contribution in [-0.4, -0.2) is 0 Å². The highest BCUT2D eigenvalue weighted by molar-refractivity contribution is 6.30. The van der Waals surface area contributed by atoms with Gasteiger partial charge in [0.1, 0.15) is 0 Å². The third-order valence-electron chi connectivity index (χ3n) is 2.82. The van der Waals surface area contributed by atoms with Crippen LogP contribution in [0, 0.1) is 0 Å². The molecule has 0 fully saturated rings. The summed E-state index contributed by atoms with van der Waals surface area (Å²) in [4.78, 5) is 0. The van der Waals surface area contributed by atoms with E-state index in [1.807, 2.05) is 24.3 Å². The van der Waals surface area contributed by atoms with Crippen molar-refractivity contribution in [1.82, 2.24) is 5.43 Å². The van der Waals surface area contributed by atoms with Crippen LogP contribution in [0.2, 0.25) is 5.02 Å². The standard InChI is InChI=1S/C13H21ClN2/c1-2-3-4-5-6-13(16-15)11-7-9-12(14)10-8-11/h7-10,13,16H,2-6,15H2,1H3. The van der Waals surface area contributed by atoms with Gasteiger partial charge < -0.3 is 0 Å². The van der Waals surface area contributed by atoms with Gasteiger partial charge in [0.05, 0.1) is 0 Å². The second-order valence-corrected chi connectivity index (χ2v) is 4.56. The SMILES string of the molecule is CCCCCCC(NN)c1ccc(Cl)cc1. The molecule has 3 N–H and O–H groups in total. The van der Waals surface area contributed by atoms with E-state index in [-0.39, 0.29) is 6.04 Å². The number of unbranched alkanes of at least 4 members (excludes halogenated alkanes) is 3. The molecule has 0 saturated carbocycles. The van der Waals surface area contributed by atoms with Gasteiger partial charge in [0.2, 0.25) is 0 Å². The van der Waals surface area contributed by atoms with Gasteiger partial charge in [-0.25, -0.2) is 0 Å². The Morgan fingerprint density at radius 1 is 1.19 bits per heavy atom. The maximum Gasteiger partial charge on any atom is 0.0460 e. The summed E-state index contributed by atoms with van der Waals surface area (Å²) >= 11 is 5.85. The summed E-state index contributed by atoms with van der Waals surface area (Å²) < 4.78 is 0. The quantitative estimate of drug-likeness (QED) is 0.432.